The number of carbonyl (C=O) groups is 1. The first-order valence-electron chi connectivity index (χ1n) is 5.98. The fraction of sp³-hybridized carbons (Fsp3) is 0.286. The summed E-state index contributed by atoms with van der Waals surface area (Å²) in [5.74, 6) is -0.0968. The van der Waals surface area contributed by atoms with Gasteiger partial charge in [-0.3, -0.25) is 14.2 Å². The van der Waals surface area contributed by atoms with Crippen LogP contribution in [0.3, 0.4) is 0 Å². The zero-order valence-corrected chi connectivity index (χ0v) is 9.84. The van der Waals surface area contributed by atoms with Crippen molar-refractivity contribution in [3.05, 3.63) is 42.2 Å². The molecule has 0 spiro atoms. The molecule has 1 fully saturated rings. The van der Waals surface area contributed by atoms with Crippen molar-refractivity contribution >= 4 is 16.7 Å². The summed E-state index contributed by atoms with van der Waals surface area (Å²) < 4.78 is 12.4. The van der Waals surface area contributed by atoms with E-state index in [2.05, 4.69) is 4.98 Å². The lowest BCUT2D eigenvalue weighted by Crippen LogP contribution is -2.51. The molecule has 1 aromatic carbocycles. The van der Waals surface area contributed by atoms with Crippen molar-refractivity contribution in [2.75, 3.05) is 19.8 Å². The predicted molar refractivity (Wildman–Crippen MR) is 67.1 cm³/mol. The van der Waals surface area contributed by atoms with Crippen LogP contribution in [0.1, 0.15) is 10.5 Å². The minimum atomic E-state index is -0.354. The van der Waals surface area contributed by atoms with Crippen molar-refractivity contribution in [1.82, 2.24) is 9.88 Å². The van der Waals surface area contributed by atoms with Gasteiger partial charge in [-0.25, -0.2) is 0 Å². The number of rotatable bonds is 2. The number of fused-ring (bicyclic) bond motifs is 1. The van der Waals surface area contributed by atoms with E-state index in [0.29, 0.717) is 18.8 Å². The lowest BCUT2D eigenvalue weighted by Gasteiger charge is -2.37. The Balaban J connectivity index is 1.93. The Bertz CT molecular complexity index is 588. The number of carbonyl (C=O) groups excluding carboxylic acids is 1. The van der Waals surface area contributed by atoms with Crippen LogP contribution in [-0.2, 0) is 0 Å². The third kappa shape index (κ3) is 1.74. The molecule has 4 heteroatoms. The van der Waals surface area contributed by atoms with Gasteiger partial charge in [-0.15, -0.1) is 0 Å². The molecular weight excluding hydrogens is 231 g/mol. The molecule has 1 aromatic heterocycles. The smallest absolute Gasteiger partial charge is 0.273 e. The Hall–Kier alpha value is -1.97. The summed E-state index contributed by atoms with van der Waals surface area (Å²) in [4.78, 5) is 18.1. The van der Waals surface area contributed by atoms with Crippen molar-refractivity contribution in [2.45, 2.75) is 0 Å². The van der Waals surface area contributed by atoms with Gasteiger partial charge in [0.15, 0.2) is 0 Å². The monoisotopic (exact) mass is 244 g/mol. The molecule has 0 unspecified atom stereocenters. The molecule has 2 aromatic rings. The van der Waals surface area contributed by atoms with Crippen LogP contribution in [0, 0.1) is 5.92 Å². The minimum absolute atomic E-state index is 0.00364. The van der Waals surface area contributed by atoms with E-state index in [4.69, 9.17) is 0 Å². The first-order valence-corrected chi connectivity index (χ1v) is 5.98. The van der Waals surface area contributed by atoms with Crippen LogP contribution in [0.4, 0.5) is 4.39 Å². The first kappa shape index (κ1) is 11.1. The van der Waals surface area contributed by atoms with Gasteiger partial charge in [0.1, 0.15) is 5.69 Å². The second-order valence-corrected chi connectivity index (χ2v) is 4.61. The highest BCUT2D eigenvalue weighted by Gasteiger charge is 2.32. The summed E-state index contributed by atoms with van der Waals surface area (Å²) in [7, 11) is 0. The van der Waals surface area contributed by atoms with Gasteiger partial charge in [-0.2, -0.15) is 0 Å². The van der Waals surface area contributed by atoms with Gasteiger partial charge in [0, 0.05) is 30.6 Å². The Morgan fingerprint density at radius 2 is 2.11 bits per heavy atom. The fourth-order valence-corrected chi connectivity index (χ4v) is 2.27. The number of hydrogen-bond donors (Lipinski definition) is 0. The molecule has 3 nitrogen and oxygen atoms in total. The van der Waals surface area contributed by atoms with Gasteiger partial charge in [0.05, 0.1) is 6.67 Å². The number of nitrogens with zero attached hydrogens (tertiary/aromatic N) is 2. The van der Waals surface area contributed by atoms with E-state index in [1.54, 1.807) is 11.1 Å². The number of halogens is 1. The normalized spacial score (nSPS) is 15.7. The zero-order valence-electron chi connectivity index (χ0n) is 9.84. The van der Waals surface area contributed by atoms with Crippen molar-refractivity contribution in [3.8, 4) is 0 Å². The molecule has 1 aliphatic heterocycles. The molecule has 1 aliphatic rings. The van der Waals surface area contributed by atoms with Crippen LogP contribution < -0.4 is 0 Å². The van der Waals surface area contributed by atoms with Crippen LogP contribution in [0.5, 0.6) is 0 Å². The van der Waals surface area contributed by atoms with Gasteiger partial charge < -0.3 is 4.90 Å². The second-order valence-electron chi connectivity index (χ2n) is 4.61. The van der Waals surface area contributed by atoms with E-state index in [1.807, 2.05) is 30.3 Å². The van der Waals surface area contributed by atoms with Gasteiger partial charge in [0.2, 0.25) is 0 Å². The molecule has 0 atom stereocenters. The minimum Gasteiger partial charge on any atom is -0.336 e. The number of pyridine rings is 1. The summed E-state index contributed by atoms with van der Waals surface area (Å²) >= 11 is 0. The lowest BCUT2D eigenvalue weighted by molar-refractivity contribution is 0.0449. The topological polar surface area (TPSA) is 33.2 Å². The van der Waals surface area contributed by atoms with E-state index >= 15 is 0 Å². The summed E-state index contributed by atoms with van der Waals surface area (Å²) in [6, 6.07) is 9.55. The standard InChI is InChI=1S/C14H13FN2O/c15-7-10-8-17(9-10)14(18)13-12-4-2-1-3-11(12)5-6-16-13/h1-6,10H,7-9H2. The van der Waals surface area contributed by atoms with Crippen molar-refractivity contribution in [1.29, 1.82) is 0 Å². The number of alkyl halides is 1. The number of benzene rings is 1. The highest BCUT2D eigenvalue weighted by molar-refractivity contribution is 6.05. The van der Waals surface area contributed by atoms with Crippen molar-refractivity contribution in [2.24, 2.45) is 5.92 Å². The molecule has 2 heterocycles. The summed E-state index contributed by atoms with van der Waals surface area (Å²) in [5, 5.41) is 1.85. The van der Waals surface area contributed by atoms with E-state index in [0.717, 1.165) is 10.8 Å². The fourth-order valence-electron chi connectivity index (χ4n) is 2.27. The number of amides is 1. The second kappa shape index (κ2) is 4.37. The molecule has 0 saturated carbocycles. The molecule has 0 radical (unpaired) electrons. The molecule has 18 heavy (non-hydrogen) atoms. The summed E-state index contributed by atoms with van der Waals surface area (Å²) in [5.41, 5.74) is 0.463. The van der Waals surface area contributed by atoms with E-state index in [9.17, 15) is 9.18 Å². The number of hydrogen-bond acceptors (Lipinski definition) is 2. The predicted octanol–water partition coefficient (Wildman–Crippen LogP) is 2.28. The quantitative estimate of drug-likeness (QED) is 0.812. The maximum Gasteiger partial charge on any atom is 0.273 e. The SMILES string of the molecule is O=C(c1nccc2ccccc12)N1CC(CF)C1. The zero-order chi connectivity index (χ0) is 12.5. The van der Waals surface area contributed by atoms with Gasteiger partial charge in [0.25, 0.3) is 5.91 Å². The van der Waals surface area contributed by atoms with E-state index in [1.165, 1.54) is 0 Å². The van der Waals surface area contributed by atoms with Crippen LogP contribution in [0.25, 0.3) is 10.8 Å². The molecule has 0 aliphatic carbocycles. The Kier molecular flexibility index (Phi) is 2.70. The molecular formula is C14H13FN2O. The van der Waals surface area contributed by atoms with E-state index < -0.39 is 0 Å². The van der Waals surface area contributed by atoms with Crippen LogP contribution in [-0.4, -0.2) is 35.6 Å². The van der Waals surface area contributed by atoms with Gasteiger partial charge in [-0.05, 0) is 11.5 Å². The Labute approximate surface area is 104 Å². The average molecular weight is 244 g/mol. The summed E-state index contributed by atoms with van der Waals surface area (Å²) in [6.45, 7) is 0.646. The van der Waals surface area contributed by atoms with E-state index in [-0.39, 0.29) is 18.5 Å². The van der Waals surface area contributed by atoms with Gasteiger partial charge >= 0.3 is 0 Å². The highest BCUT2D eigenvalue weighted by atomic mass is 19.1. The maximum atomic E-state index is 12.4. The molecule has 1 saturated heterocycles. The van der Waals surface area contributed by atoms with Crippen LogP contribution in [0.15, 0.2) is 36.5 Å². The third-order valence-corrected chi connectivity index (χ3v) is 3.34. The molecule has 1 amide bonds. The third-order valence-electron chi connectivity index (χ3n) is 3.34. The Morgan fingerprint density at radius 1 is 1.33 bits per heavy atom. The first-order chi connectivity index (χ1) is 8.79. The molecule has 0 bridgehead atoms. The summed E-state index contributed by atoms with van der Waals surface area (Å²) in [6.07, 6.45) is 1.64. The lowest BCUT2D eigenvalue weighted by atomic mass is 10.0. The number of aromatic nitrogens is 1. The van der Waals surface area contributed by atoms with Crippen molar-refractivity contribution in [3.63, 3.8) is 0 Å². The largest absolute Gasteiger partial charge is 0.336 e. The highest BCUT2D eigenvalue weighted by Crippen LogP contribution is 2.22. The molecule has 3 rings (SSSR count). The van der Waals surface area contributed by atoms with Crippen LogP contribution >= 0.6 is 0 Å². The molecule has 0 N–H and O–H groups in total. The van der Waals surface area contributed by atoms with Gasteiger partial charge in [-0.1, -0.05) is 24.3 Å². The number of likely N-dealkylation sites (tertiary alicyclic amines) is 1. The van der Waals surface area contributed by atoms with Crippen LogP contribution in [0.2, 0.25) is 0 Å². The molecule has 92 valence electrons. The maximum absolute atomic E-state index is 12.4. The van der Waals surface area contributed by atoms with Crippen molar-refractivity contribution < 1.29 is 9.18 Å². The Morgan fingerprint density at radius 3 is 2.89 bits per heavy atom. The average Bonchev–Trinajstić information content (AvgIpc) is 2.36.